The average Bonchev–Trinajstić information content (AvgIpc) is 3.29. The normalized spacial score (nSPS) is 10.6. The van der Waals surface area contributed by atoms with Gasteiger partial charge in [-0.05, 0) is 49.4 Å². The summed E-state index contributed by atoms with van der Waals surface area (Å²) in [5, 5.41) is 11.7. The second kappa shape index (κ2) is 10.5. The molecule has 0 spiro atoms. The third kappa shape index (κ3) is 5.42. The van der Waals surface area contributed by atoms with Crippen LogP contribution in [-0.4, -0.2) is 43.4 Å². The first kappa shape index (κ1) is 22.2. The van der Waals surface area contributed by atoms with Gasteiger partial charge in [-0.15, -0.1) is 5.10 Å². The summed E-state index contributed by atoms with van der Waals surface area (Å²) in [6.45, 7) is 2.04. The number of hydrogen-bond donors (Lipinski definition) is 1. The molecule has 2 heterocycles. The molecule has 2 aromatic carbocycles. The fourth-order valence-corrected chi connectivity index (χ4v) is 3.77. The predicted molar refractivity (Wildman–Crippen MR) is 123 cm³/mol. The van der Waals surface area contributed by atoms with Crippen molar-refractivity contribution in [2.75, 3.05) is 11.9 Å². The van der Waals surface area contributed by atoms with Crippen molar-refractivity contribution >= 4 is 29.3 Å². The van der Waals surface area contributed by atoms with Crippen molar-refractivity contribution in [1.82, 2.24) is 25.0 Å². The molecule has 4 aromatic rings. The average molecular weight is 461 g/mol. The molecule has 9 nitrogen and oxygen atoms in total. The van der Waals surface area contributed by atoms with Crippen LogP contribution in [0.1, 0.15) is 33.5 Å². The highest BCUT2D eigenvalue weighted by Crippen LogP contribution is 2.23. The van der Waals surface area contributed by atoms with Crippen LogP contribution in [0.25, 0.3) is 5.69 Å². The molecule has 33 heavy (non-hydrogen) atoms. The van der Waals surface area contributed by atoms with Gasteiger partial charge in [0.1, 0.15) is 0 Å². The van der Waals surface area contributed by atoms with E-state index in [-0.39, 0.29) is 5.69 Å². The minimum absolute atomic E-state index is 0.191. The lowest BCUT2D eigenvalue weighted by molar-refractivity contribution is 0.0526. The van der Waals surface area contributed by atoms with Crippen molar-refractivity contribution in [3.8, 4) is 5.69 Å². The van der Waals surface area contributed by atoms with Crippen molar-refractivity contribution in [1.29, 1.82) is 0 Å². The molecule has 166 valence electrons. The summed E-state index contributed by atoms with van der Waals surface area (Å²) in [4.78, 5) is 33.3. The Labute approximate surface area is 194 Å². The van der Waals surface area contributed by atoms with E-state index in [9.17, 15) is 9.59 Å². The summed E-state index contributed by atoms with van der Waals surface area (Å²) in [6.07, 6.45) is 3.32. The highest BCUT2D eigenvalue weighted by atomic mass is 32.2. The van der Waals surface area contributed by atoms with Gasteiger partial charge in [-0.3, -0.25) is 4.79 Å². The van der Waals surface area contributed by atoms with Crippen molar-refractivity contribution < 1.29 is 14.3 Å². The van der Waals surface area contributed by atoms with Gasteiger partial charge >= 0.3 is 5.97 Å². The molecule has 1 N–H and O–H groups in total. The molecule has 0 aliphatic carbocycles. The third-order valence-electron chi connectivity index (χ3n) is 4.51. The maximum atomic E-state index is 13.1. The SMILES string of the molecule is CCOC(=O)c1ccc(NC(=O)c2nnn(-c3ccccc3)c2CSc2ncccn2)cc1. The molecule has 0 unspecified atom stereocenters. The van der Waals surface area contributed by atoms with Gasteiger partial charge in [0.15, 0.2) is 10.9 Å². The van der Waals surface area contributed by atoms with Gasteiger partial charge < -0.3 is 10.1 Å². The van der Waals surface area contributed by atoms with E-state index < -0.39 is 11.9 Å². The summed E-state index contributed by atoms with van der Waals surface area (Å²) in [7, 11) is 0. The lowest BCUT2D eigenvalue weighted by Gasteiger charge is -2.09. The first-order chi connectivity index (χ1) is 16.2. The summed E-state index contributed by atoms with van der Waals surface area (Å²) >= 11 is 1.38. The van der Waals surface area contributed by atoms with Crippen LogP contribution in [0, 0.1) is 0 Å². The topological polar surface area (TPSA) is 112 Å². The van der Waals surface area contributed by atoms with Gasteiger partial charge in [-0.25, -0.2) is 19.4 Å². The summed E-state index contributed by atoms with van der Waals surface area (Å²) in [5.41, 5.74) is 2.51. The zero-order chi connectivity index (χ0) is 23.0. The largest absolute Gasteiger partial charge is 0.462 e. The predicted octanol–water partition coefficient (Wildman–Crippen LogP) is 3.78. The van der Waals surface area contributed by atoms with Crippen LogP contribution < -0.4 is 5.32 Å². The summed E-state index contributed by atoms with van der Waals surface area (Å²) in [6, 6.07) is 17.7. The molecule has 2 aromatic heterocycles. The zero-order valence-corrected chi connectivity index (χ0v) is 18.5. The van der Waals surface area contributed by atoms with Crippen LogP contribution in [0.3, 0.4) is 0 Å². The molecule has 0 aliphatic rings. The number of nitrogens with zero attached hydrogens (tertiary/aromatic N) is 5. The van der Waals surface area contributed by atoms with Crippen LogP contribution in [0.4, 0.5) is 5.69 Å². The Kier molecular flexibility index (Phi) is 7.06. The molecule has 0 aliphatic heterocycles. The number of carbonyl (C=O) groups excluding carboxylic acids is 2. The Morgan fingerprint density at radius 2 is 1.73 bits per heavy atom. The van der Waals surface area contributed by atoms with Crippen LogP contribution in [0.15, 0.2) is 78.2 Å². The number of benzene rings is 2. The standard InChI is InChI=1S/C23H20N6O3S/c1-2-32-22(31)16-9-11-17(12-10-16)26-21(30)20-19(15-33-23-24-13-6-14-25-23)29(28-27-20)18-7-4-3-5-8-18/h3-14H,2,15H2,1H3,(H,26,30). The van der Waals surface area contributed by atoms with Crippen molar-refractivity contribution in [2.24, 2.45) is 0 Å². The number of anilines is 1. The van der Waals surface area contributed by atoms with E-state index in [1.54, 1.807) is 54.3 Å². The highest BCUT2D eigenvalue weighted by Gasteiger charge is 2.21. The van der Waals surface area contributed by atoms with Crippen molar-refractivity contribution in [2.45, 2.75) is 17.8 Å². The van der Waals surface area contributed by atoms with Crippen molar-refractivity contribution in [3.63, 3.8) is 0 Å². The Morgan fingerprint density at radius 1 is 1.00 bits per heavy atom. The van der Waals surface area contributed by atoms with E-state index in [1.165, 1.54) is 11.8 Å². The lowest BCUT2D eigenvalue weighted by atomic mass is 10.2. The molecular formula is C23H20N6O3S. The number of amides is 1. The molecule has 0 radical (unpaired) electrons. The van der Waals surface area contributed by atoms with Gasteiger partial charge in [0.25, 0.3) is 5.91 Å². The zero-order valence-electron chi connectivity index (χ0n) is 17.7. The van der Waals surface area contributed by atoms with Gasteiger partial charge in [-0.2, -0.15) is 0 Å². The number of hydrogen-bond acceptors (Lipinski definition) is 8. The van der Waals surface area contributed by atoms with Crippen LogP contribution in [-0.2, 0) is 10.5 Å². The summed E-state index contributed by atoms with van der Waals surface area (Å²) in [5.74, 6) is -0.439. The van der Waals surface area contributed by atoms with E-state index in [0.717, 1.165) is 5.69 Å². The Bertz CT molecular complexity index is 1230. The van der Waals surface area contributed by atoms with E-state index in [4.69, 9.17) is 4.74 Å². The second-order valence-electron chi connectivity index (χ2n) is 6.70. The van der Waals surface area contributed by atoms with Gasteiger partial charge in [-0.1, -0.05) is 35.2 Å². The van der Waals surface area contributed by atoms with E-state index in [2.05, 4.69) is 25.6 Å². The van der Waals surface area contributed by atoms with Gasteiger partial charge in [0, 0.05) is 23.8 Å². The molecule has 1 amide bonds. The Hall–Kier alpha value is -4.05. The molecular weight excluding hydrogens is 440 g/mol. The van der Waals surface area contributed by atoms with Gasteiger partial charge in [0.05, 0.1) is 23.6 Å². The number of ether oxygens (including phenoxy) is 1. The van der Waals surface area contributed by atoms with E-state index >= 15 is 0 Å². The molecule has 10 heteroatoms. The minimum atomic E-state index is -0.413. The fourth-order valence-electron chi connectivity index (χ4n) is 2.97. The molecule has 0 fully saturated rings. The number of aromatic nitrogens is 5. The van der Waals surface area contributed by atoms with Crippen LogP contribution >= 0.6 is 11.8 Å². The number of para-hydroxylation sites is 1. The second-order valence-corrected chi connectivity index (χ2v) is 7.65. The third-order valence-corrected chi connectivity index (χ3v) is 5.40. The molecule has 0 bridgehead atoms. The monoisotopic (exact) mass is 460 g/mol. The van der Waals surface area contributed by atoms with Crippen molar-refractivity contribution in [3.05, 3.63) is 90.0 Å². The van der Waals surface area contributed by atoms with E-state index in [0.29, 0.717) is 34.5 Å². The molecule has 0 saturated carbocycles. The maximum Gasteiger partial charge on any atom is 0.338 e. The Balaban J connectivity index is 1.57. The molecule has 4 rings (SSSR count). The molecule has 0 saturated heterocycles. The smallest absolute Gasteiger partial charge is 0.338 e. The maximum absolute atomic E-state index is 13.1. The number of carbonyl (C=O) groups is 2. The number of esters is 1. The summed E-state index contributed by atoms with van der Waals surface area (Å²) < 4.78 is 6.62. The quantitative estimate of drug-likeness (QED) is 0.240. The fraction of sp³-hybridized carbons (Fsp3) is 0.130. The minimum Gasteiger partial charge on any atom is -0.462 e. The van der Waals surface area contributed by atoms with Crippen LogP contribution in [0.2, 0.25) is 0 Å². The lowest BCUT2D eigenvalue weighted by Crippen LogP contribution is -2.15. The number of thioether (sulfide) groups is 1. The van der Waals surface area contributed by atoms with Gasteiger partial charge in [0.2, 0.25) is 0 Å². The number of rotatable bonds is 8. The highest BCUT2D eigenvalue weighted by molar-refractivity contribution is 7.98. The first-order valence-electron chi connectivity index (χ1n) is 10.1. The Morgan fingerprint density at radius 3 is 2.42 bits per heavy atom. The first-order valence-corrected chi connectivity index (χ1v) is 11.1. The number of nitrogens with one attached hydrogen (secondary N) is 1. The van der Waals surface area contributed by atoms with E-state index in [1.807, 2.05) is 30.3 Å². The molecule has 0 atom stereocenters. The van der Waals surface area contributed by atoms with Crippen LogP contribution in [0.5, 0.6) is 0 Å².